The summed E-state index contributed by atoms with van der Waals surface area (Å²) < 4.78 is 25.8. The van der Waals surface area contributed by atoms with Crippen LogP contribution in [-0.4, -0.2) is 33.7 Å². The van der Waals surface area contributed by atoms with E-state index in [-0.39, 0.29) is 18.4 Å². The minimum Gasteiger partial charge on any atom is -0.354 e. The standard InChI is InChI=1S/C26H32N2O3S/c1-19(2)21-12-14-24(15-13-21)28(32(4,30)31)18-26(29)27-17-20(3)16-23-10-7-9-22-8-5-6-11-25(22)23/h5-15,19-20H,16-18H2,1-4H3,(H,27,29). The second kappa shape index (κ2) is 10.2. The monoisotopic (exact) mass is 452 g/mol. The van der Waals surface area contributed by atoms with Gasteiger partial charge in [0.15, 0.2) is 0 Å². The van der Waals surface area contributed by atoms with Crippen molar-refractivity contribution < 1.29 is 13.2 Å². The number of benzene rings is 3. The van der Waals surface area contributed by atoms with E-state index in [2.05, 4.69) is 56.4 Å². The van der Waals surface area contributed by atoms with Crippen LogP contribution >= 0.6 is 0 Å². The Hall–Kier alpha value is -2.86. The third kappa shape index (κ3) is 6.10. The molecule has 0 radical (unpaired) electrons. The number of hydrogen-bond donors (Lipinski definition) is 1. The summed E-state index contributed by atoms with van der Waals surface area (Å²) in [6.45, 7) is 6.49. The van der Waals surface area contributed by atoms with Crippen LogP contribution in [0.25, 0.3) is 10.8 Å². The molecule has 1 N–H and O–H groups in total. The van der Waals surface area contributed by atoms with Crippen molar-refractivity contribution in [2.75, 3.05) is 23.7 Å². The van der Waals surface area contributed by atoms with Crippen molar-refractivity contribution in [2.45, 2.75) is 33.1 Å². The molecule has 0 saturated heterocycles. The van der Waals surface area contributed by atoms with Gasteiger partial charge in [0.2, 0.25) is 15.9 Å². The Morgan fingerprint density at radius 1 is 0.938 bits per heavy atom. The molecule has 0 fully saturated rings. The number of anilines is 1. The van der Waals surface area contributed by atoms with Gasteiger partial charge in [0.05, 0.1) is 11.9 Å². The van der Waals surface area contributed by atoms with Crippen molar-refractivity contribution in [1.82, 2.24) is 5.32 Å². The number of rotatable bonds is 9. The van der Waals surface area contributed by atoms with Crippen LogP contribution in [0, 0.1) is 5.92 Å². The van der Waals surface area contributed by atoms with Crippen LogP contribution in [0.4, 0.5) is 5.69 Å². The highest BCUT2D eigenvalue weighted by Crippen LogP contribution is 2.23. The maximum Gasteiger partial charge on any atom is 0.240 e. The van der Waals surface area contributed by atoms with Gasteiger partial charge < -0.3 is 5.32 Å². The van der Waals surface area contributed by atoms with E-state index < -0.39 is 10.0 Å². The van der Waals surface area contributed by atoms with Crippen molar-refractivity contribution >= 4 is 32.4 Å². The summed E-state index contributed by atoms with van der Waals surface area (Å²) in [6, 6.07) is 21.9. The Kier molecular flexibility index (Phi) is 7.56. The predicted octanol–water partition coefficient (Wildman–Crippen LogP) is 4.72. The first-order valence-corrected chi connectivity index (χ1v) is 12.8. The van der Waals surface area contributed by atoms with Crippen LogP contribution in [-0.2, 0) is 21.2 Å². The number of nitrogens with zero attached hydrogens (tertiary/aromatic N) is 1. The summed E-state index contributed by atoms with van der Waals surface area (Å²) in [5, 5.41) is 5.33. The number of hydrogen-bond acceptors (Lipinski definition) is 3. The third-order valence-electron chi connectivity index (χ3n) is 5.63. The summed E-state index contributed by atoms with van der Waals surface area (Å²) in [4.78, 5) is 12.6. The average molecular weight is 453 g/mol. The van der Waals surface area contributed by atoms with Gasteiger partial charge in [0.25, 0.3) is 0 Å². The Labute approximate surface area is 191 Å². The molecular formula is C26H32N2O3S. The first-order valence-electron chi connectivity index (χ1n) is 11.0. The lowest BCUT2D eigenvalue weighted by Crippen LogP contribution is -2.41. The van der Waals surface area contributed by atoms with Crippen molar-refractivity contribution in [1.29, 1.82) is 0 Å². The lowest BCUT2D eigenvalue weighted by atomic mass is 9.96. The van der Waals surface area contributed by atoms with Crippen LogP contribution in [0.3, 0.4) is 0 Å². The van der Waals surface area contributed by atoms with Crippen LogP contribution in [0.2, 0.25) is 0 Å². The third-order valence-corrected chi connectivity index (χ3v) is 6.77. The normalized spacial score (nSPS) is 12.7. The van der Waals surface area contributed by atoms with Gasteiger partial charge in [-0.3, -0.25) is 9.10 Å². The fourth-order valence-electron chi connectivity index (χ4n) is 3.82. The maximum atomic E-state index is 12.6. The summed E-state index contributed by atoms with van der Waals surface area (Å²) in [5.74, 6) is 0.247. The topological polar surface area (TPSA) is 66.5 Å². The molecule has 0 saturated carbocycles. The Morgan fingerprint density at radius 2 is 1.59 bits per heavy atom. The molecule has 3 aromatic rings. The smallest absolute Gasteiger partial charge is 0.240 e. The highest BCUT2D eigenvalue weighted by molar-refractivity contribution is 7.92. The van der Waals surface area contributed by atoms with Crippen LogP contribution in [0.5, 0.6) is 0 Å². The second-order valence-electron chi connectivity index (χ2n) is 8.77. The molecule has 0 bridgehead atoms. The Bertz CT molecular complexity index is 1170. The zero-order valence-electron chi connectivity index (χ0n) is 19.2. The quantitative estimate of drug-likeness (QED) is 0.511. The van der Waals surface area contributed by atoms with Crippen LogP contribution in [0.1, 0.15) is 37.8 Å². The van der Waals surface area contributed by atoms with Gasteiger partial charge in [-0.05, 0) is 52.3 Å². The number of amides is 1. The zero-order valence-corrected chi connectivity index (χ0v) is 20.0. The van der Waals surface area contributed by atoms with Gasteiger partial charge in [-0.1, -0.05) is 75.4 Å². The summed E-state index contributed by atoms with van der Waals surface area (Å²) >= 11 is 0. The molecule has 1 amide bonds. The number of carbonyl (C=O) groups excluding carboxylic acids is 1. The van der Waals surface area contributed by atoms with Gasteiger partial charge in [-0.2, -0.15) is 0 Å². The number of sulfonamides is 1. The molecule has 3 rings (SSSR count). The maximum absolute atomic E-state index is 12.6. The fraction of sp³-hybridized carbons (Fsp3) is 0.346. The highest BCUT2D eigenvalue weighted by atomic mass is 32.2. The van der Waals surface area contributed by atoms with Crippen LogP contribution in [0.15, 0.2) is 66.7 Å². The van der Waals surface area contributed by atoms with Crippen molar-refractivity contribution in [3.63, 3.8) is 0 Å². The summed E-state index contributed by atoms with van der Waals surface area (Å²) in [5.41, 5.74) is 2.86. The average Bonchev–Trinajstić information content (AvgIpc) is 2.75. The van der Waals surface area contributed by atoms with E-state index in [4.69, 9.17) is 0 Å². The molecule has 6 heteroatoms. The lowest BCUT2D eigenvalue weighted by molar-refractivity contribution is -0.119. The molecule has 5 nitrogen and oxygen atoms in total. The number of fused-ring (bicyclic) bond motifs is 1. The first kappa shape index (κ1) is 23.8. The Morgan fingerprint density at radius 3 is 2.25 bits per heavy atom. The molecule has 0 spiro atoms. The predicted molar refractivity (Wildman–Crippen MR) is 133 cm³/mol. The van der Waals surface area contributed by atoms with E-state index >= 15 is 0 Å². The van der Waals surface area contributed by atoms with E-state index in [9.17, 15) is 13.2 Å². The van der Waals surface area contributed by atoms with E-state index in [1.807, 2.05) is 24.3 Å². The first-order chi connectivity index (χ1) is 15.1. The molecule has 0 aliphatic heterocycles. The molecular weight excluding hydrogens is 420 g/mol. The molecule has 170 valence electrons. The fourth-order valence-corrected chi connectivity index (χ4v) is 4.67. The van der Waals surface area contributed by atoms with Gasteiger partial charge in [-0.15, -0.1) is 0 Å². The van der Waals surface area contributed by atoms with Crippen LogP contribution < -0.4 is 9.62 Å². The number of nitrogens with one attached hydrogen (secondary N) is 1. The van der Waals surface area contributed by atoms with Crippen molar-refractivity contribution in [2.24, 2.45) is 5.92 Å². The summed E-state index contributed by atoms with van der Waals surface area (Å²) in [7, 11) is -3.59. The minimum absolute atomic E-state index is 0.210. The molecule has 0 aliphatic rings. The lowest BCUT2D eigenvalue weighted by Gasteiger charge is -2.23. The second-order valence-corrected chi connectivity index (χ2v) is 10.7. The van der Waals surface area contributed by atoms with E-state index in [0.717, 1.165) is 22.5 Å². The van der Waals surface area contributed by atoms with Gasteiger partial charge >= 0.3 is 0 Å². The SMILES string of the molecule is CC(CNC(=O)CN(c1ccc(C(C)C)cc1)S(C)(=O)=O)Cc1cccc2ccccc12. The highest BCUT2D eigenvalue weighted by Gasteiger charge is 2.21. The molecule has 1 unspecified atom stereocenters. The largest absolute Gasteiger partial charge is 0.354 e. The Balaban J connectivity index is 1.62. The molecule has 32 heavy (non-hydrogen) atoms. The van der Waals surface area contributed by atoms with Crippen molar-refractivity contribution in [3.05, 3.63) is 77.9 Å². The molecule has 0 aromatic heterocycles. The molecule has 0 heterocycles. The minimum atomic E-state index is -3.59. The molecule has 3 aromatic carbocycles. The zero-order chi connectivity index (χ0) is 23.3. The molecule has 0 aliphatic carbocycles. The van der Waals surface area contributed by atoms with Gasteiger partial charge in [-0.25, -0.2) is 8.42 Å². The molecule has 1 atom stereocenters. The van der Waals surface area contributed by atoms with E-state index in [1.165, 1.54) is 16.3 Å². The van der Waals surface area contributed by atoms with Gasteiger partial charge in [0, 0.05) is 6.54 Å². The summed E-state index contributed by atoms with van der Waals surface area (Å²) in [6.07, 6.45) is 1.95. The van der Waals surface area contributed by atoms with E-state index in [1.54, 1.807) is 12.1 Å². The number of carbonyl (C=O) groups is 1. The van der Waals surface area contributed by atoms with E-state index in [0.29, 0.717) is 18.2 Å². The van der Waals surface area contributed by atoms with Gasteiger partial charge in [0.1, 0.15) is 6.54 Å². The van der Waals surface area contributed by atoms with Crippen molar-refractivity contribution in [3.8, 4) is 0 Å².